The van der Waals surface area contributed by atoms with E-state index >= 15 is 0 Å². The van der Waals surface area contributed by atoms with E-state index < -0.39 is 10.0 Å². The van der Waals surface area contributed by atoms with Crippen molar-refractivity contribution < 1.29 is 8.42 Å². The number of rotatable bonds is 6. The summed E-state index contributed by atoms with van der Waals surface area (Å²) >= 11 is 3.31. The monoisotopic (exact) mass is 346 g/mol. The van der Waals surface area contributed by atoms with Crippen LogP contribution in [-0.2, 0) is 16.6 Å². The number of benzene rings is 1. The molecule has 1 aromatic carbocycles. The summed E-state index contributed by atoms with van der Waals surface area (Å²) in [4.78, 5) is 0.310. The molecule has 0 radical (unpaired) electrons. The molecule has 1 fully saturated rings. The van der Waals surface area contributed by atoms with E-state index in [-0.39, 0.29) is 5.41 Å². The molecule has 1 aliphatic rings. The van der Waals surface area contributed by atoms with Gasteiger partial charge in [0.1, 0.15) is 0 Å². The standard InChI is InChI=1S/C13H19BrN2O2S/c1-13(5-6-13)9-16-19(17,18)12-7-10(8-15-2)3-4-11(12)14/h3-4,7,15-16H,5-6,8-9H2,1-2H3. The molecule has 0 unspecified atom stereocenters. The first-order valence-electron chi connectivity index (χ1n) is 6.29. The summed E-state index contributed by atoms with van der Waals surface area (Å²) in [6.45, 7) is 3.26. The van der Waals surface area contributed by atoms with Gasteiger partial charge in [-0.2, -0.15) is 0 Å². The molecule has 0 spiro atoms. The summed E-state index contributed by atoms with van der Waals surface area (Å²) in [6, 6.07) is 5.39. The lowest BCUT2D eigenvalue weighted by Crippen LogP contribution is -2.29. The zero-order valence-corrected chi connectivity index (χ0v) is 13.6. The van der Waals surface area contributed by atoms with E-state index in [1.54, 1.807) is 12.1 Å². The van der Waals surface area contributed by atoms with Crippen molar-refractivity contribution in [2.45, 2.75) is 31.2 Å². The molecule has 0 atom stereocenters. The minimum absolute atomic E-state index is 0.155. The van der Waals surface area contributed by atoms with Gasteiger partial charge in [0.05, 0.1) is 4.90 Å². The van der Waals surface area contributed by atoms with Crippen LogP contribution in [0.5, 0.6) is 0 Å². The molecule has 106 valence electrons. The molecule has 19 heavy (non-hydrogen) atoms. The summed E-state index contributed by atoms with van der Waals surface area (Å²) in [5.41, 5.74) is 1.10. The van der Waals surface area contributed by atoms with E-state index in [1.165, 1.54) is 0 Å². The van der Waals surface area contributed by atoms with Crippen LogP contribution in [0.25, 0.3) is 0 Å². The lowest BCUT2D eigenvalue weighted by atomic mass is 10.2. The number of nitrogens with one attached hydrogen (secondary N) is 2. The van der Waals surface area contributed by atoms with Crippen molar-refractivity contribution in [3.8, 4) is 0 Å². The SMILES string of the molecule is CNCc1ccc(Br)c(S(=O)(=O)NCC2(C)CC2)c1. The van der Waals surface area contributed by atoms with Gasteiger partial charge in [-0.1, -0.05) is 13.0 Å². The van der Waals surface area contributed by atoms with E-state index in [0.29, 0.717) is 22.5 Å². The lowest BCUT2D eigenvalue weighted by Gasteiger charge is -2.13. The van der Waals surface area contributed by atoms with Gasteiger partial charge < -0.3 is 5.32 Å². The number of hydrogen-bond acceptors (Lipinski definition) is 3. The molecule has 1 aliphatic carbocycles. The van der Waals surface area contributed by atoms with Crippen molar-refractivity contribution in [1.82, 2.24) is 10.0 Å². The fourth-order valence-corrected chi connectivity index (χ4v) is 4.02. The van der Waals surface area contributed by atoms with Crippen molar-refractivity contribution >= 4 is 26.0 Å². The Hall–Kier alpha value is -0.430. The number of hydrogen-bond donors (Lipinski definition) is 2. The maximum Gasteiger partial charge on any atom is 0.241 e. The molecule has 1 aromatic rings. The number of sulfonamides is 1. The van der Waals surface area contributed by atoms with Crippen LogP contribution in [0, 0.1) is 5.41 Å². The zero-order chi connectivity index (χ0) is 14.1. The van der Waals surface area contributed by atoms with Gasteiger partial charge in [-0.3, -0.25) is 0 Å². The van der Waals surface area contributed by atoms with Crippen LogP contribution in [0.15, 0.2) is 27.6 Å². The van der Waals surface area contributed by atoms with E-state index in [0.717, 1.165) is 18.4 Å². The van der Waals surface area contributed by atoms with Crippen LogP contribution in [0.3, 0.4) is 0 Å². The Morgan fingerprint density at radius 3 is 2.63 bits per heavy atom. The van der Waals surface area contributed by atoms with Crippen molar-refractivity contribution in [2.75, 3.05) is 13.6 Å². The summed E-state index contributed by atoms with van der Waals surface area (Å²) in [6.07, 6.45) is 2.19. The third-order valence-electron chi connectivity index (χ3n) is 3.46. The first kappa shape index (κ1) is 15.0. The lowest BCUT2D eigenvalue weighted by molar-refractivity contribution is 0.530. The largest absolute Gasteiger partial charge is 0.316 e. The Morgan fingerprint density at radius 2 is 2.05 bits per heavy atom. The Balaban J connectivity index is 2.20. The molecule has 0 bridgehead atoms. The predicted octanol–water partition coefficient (Wildman–Crippen LogP) is 2.25. The third-order valence-corrected chi connectivity index (χ3v) is 5.85. The Bertz CT molecular complexity index is 568. The van der Waals surface area contributed by atoms with E-state index in [1.807, 2.05) is 13.1 Å². The summed E-state index contributed by atoms with van der Waals surface area (Å²) in [7, 11) is -1.61. The fourth-order valence-electron chi connectivity index (χ4n) is 1.80. The van der Waals surface area contributed by atoms with Crippen molar-refractivity contribution in [2.24, 2.45) is 5.41 Å². The first-order valence-corrected chi connectivity index (χ1v) is 8.57. The molecule has 0 saturated heterocycles. The smallest absolute Gasteiger partial charge is 0.241 e. The molecule has 1 saturated carbocycles. The van der Waals surface area contributed by atoms with Crippen LogP contribution >= 0.6 is 15.9 Å². The van der Waals surface area contributed by atoms with Gasteiger partial charge in [-0.05, 0) is 58.9 Å². The first-order chi connectivity index (χ1) is 8.86. The van der Waals surface area contributed by atoms with Gasteiger partial charge in [0.15, 0.2) is 0 Å². The highest BCUT2D eigenvalue weighted by Gasteiger charge is 2.38. The molecule has 2 N–H and O–H groups in total. The van der Waals surface area contributed by atoms with Gasteiger partial charge in [-0.15, -0.1) is 0 Å². The zero-order valence-electron chi connectivity index (χ0n) is 11.2. The van der Waals surface area contributed by atoms with Gasteiger partial charge in [0.2, 0.25) is 10.0 Å². The molecule has 2 rings (SSSR count). The number of halogens is 1. The third kappa shape index (κ3) is 3.78. The van der Waals surface area contributed by atoms with Crippen molar-refractivity contribution in [3.63, 3.8) is 0 Å². The van der Waals surface area contributed by atoms with Gasteiger partial charge in [0.25, 0.3) is 0 Å². The minimum Gasteiger partial charge on any atom is -0.316 e. The van der Waals surface area contributed by atoms with Crippen LogP contribution in [-0.4, -0.2) is 22.0 Å². The highest BCUT2D eigenvalue weighted by Crippen LogP contribution is 2.44. The molecule has 0 amide bonds. The quantitative estimate of drug-likeness (QED) is 0.830. The molecular weight excluding hydrogens is 328 g/mol. The second kappa shape index (κ2) is 5.52. The van der Waals surface area contributed by atoms with E-state index in [4.69, 9.17) is 0 Å². The molecule has 6 heteroatoms. The van der Waals surface area contributed by atoms with Gasteiger partial charge in [0, 0.05) is 17.6 Å². The highest BCUT2D eigenvalue weighted by atomic mass is 79.9. The van der Waals surface area contributed by atoms with E-state index in [9.17, 15) is 8.42 Å². The summed E-state index contributed by atoms with van der Waals surface area (Å²) < 4.78 is 28.0. The van der Waals surface area contributed by atoms with Gasteiger partial charge in [-0.25, -0.2) is 13.1 Å². The average Bonchev–Trinajstić information content (AvgIpc) is 3.09. The minimum atomic E-state index is -3.45. The van der Waals surface area contributed by atoms with Crippen LogP contribution < -0.4 is 10.0 Å². The van der Waals surface area contributed by atoms with E-state index in [2.05, 4.69) is 32.9 Å². The van der Waals surface area contributed by atoms with Gasteiger partial charge >= 0.3 is 0 Å². The summed E-state index contributed by atoms with van der Waals surface area (Å²) in [5, 5.41) is 3.02. The predicted molar refractivity (Wildman–Crippen MR) is 79.4 cm³/mol. The Morgan fingerprint density at radius 1 is 1.37 bits per heavy atom. The normalized spacial score (nSPS) is 17.4. The Labute approximate surface area is 123 Å². The average molecular weight is 347 g/mol. The van der Waals surface area contributed by atoms with Crippen LogP contribution in [0.1, 0.15) is 25.3 Å². The van der Waals surface area contributed by atoms with Crippen molar-refractivity contribution in [1.29, 1.82) is 0 Å². The van der Waals surface area contributed by atoms with Crippen molar-refractivity contribution in [3.05, 3.63) is 28.2 Å². The fraction of sp³-hybridized carbons (Fsp3) is 0.538. The van der Waals surface area contributed by atoms with Crippen LogP contribution in [0.2, 0.25) is 0 Å². The maximum absolute atomic E-state index is 12.3. The van der Waals surface area contributed by atoms with Crippen LogP contribution in [0.4, 0.5) is 0 Å². The highest BCUT2D eigenvalue weighted by molar-refractivity contribution is 9.10. The Kier molecular flexibility index (Phi) is 4.35. The second-order valence-corrected chi connectivity index (χ2v) is 8.02. The molecule has 0 aliphatic heterocycles. The molecular formula is C13H19BrN2O2S. The summed E-state index contributed by atoms with van der Waals surface area (Å²) in [5.74, 6) is 0. The maximum atomic E-state index is 12.3. The molecule has 0 heterocycles. The molecule has 0 aromatic heterocycles. The topological polar surface area (TPSA) is 58.2 Å². The second-order valence-electron chi connectivity index (χ2n) is 5.43. The molecule has 4 nitrogen and oxygen atoms in total.